The van der Waals surface area contributed by atoms with E-state index in [0.29, 0.717) is 17.7 Å². The molecule has 0 saturated heterocycles. The van der Waals surface area contributed by atoms with Crippen LogP contribution in [0.3, 0.4) is 0 Å². The summed E-state index contributed by atoms with van der Waals surface area (Å²) in [7, 11) is 0. The number of aromatic nitrogens is 2. The number of hydrogen-bond acceptors (Lipinski definition) is 4. The number of benzene rings is 2. The average Bonchev–Trinajstić information content (AvgIpc) is 2.71. The van der Waals surface area contributed by atoms with E-state index in [1.165, 1.54) is 17.8 Å². The number of ether oxygens (including phenoxy) is 1. The smallest absolute Gasteiger partial charge is 0.345 e. The number of halogens is 1. The van der Waals surface area contributed by atoms with Crippen molar-refractivity contribution in [2.24, 2.45) is 0 Å². The van der Waals surface area contributed by atoms with Crippen molar-refractivity contribution in [1.29, 1.82) is 0 Å². The molecule has 3 aromatic rings. The highest BCUT2D eigenvalue weighted by atomic mass is 19.1. The Balaban J connectivity index is 1.68. The molecule has 0 aliphatic heterocycles. The molecule has 0 spiro atoms. The molecule has 0 aliphatic carbocycles. The normalized spacial score (nSPS) is 10.7. The monoisotopic (exact) mass is 378 g/mol. The number of aryl methyl sites for hydroxylation is 2. The van der Waals surface area contributed by atoms with E-state index >= 15 is 0 Å². The first-order valence-corrected chi connectivity index (χ1v) is 9.52. The van der Waals surface area contributed by atoms with Crippen LogP contribution in [0.2, 0.25) is 0 Å². The van der Waals surface area contributed by atoms with Crippen LogP contribution in [0.5, 0.6) is 5.88 Å². The van der Waals surface area contributed by atoms with E-state index in [9.17, 15) is 9.18 Å². The highest BCUT2D eigenvalue weighted by molar-refractivity contribution is 5.90. The van der Waals surface area contributed by atoms with Crippen LogP contribution in [0.25, 0.3) is 11.3 Å². The molecular weight excluding hydrogens is 355 g/mol. The summed E-state index contributed by atoms with van der Waals surface area (Å²) < 4.78 is 19.2. The average molecular weight is 378 g/mol. The summed E-state index contributed by atoms with van der Waals surface area (Å²) in [6.07, 6.45) is 6.57. The topological polar surface area (TPSA) is 52.1 Å². The zero-order chi connectivity index (χ0) is 19.9. The first-order valence-electron chi connectivity index (χ1n) is 9.52. The van der Waals surface area contributed by atoms with Gasteiger partial charge in [-0.05, 0) is 36.1 Å². The van der Waals surface area contributed by atoms with E-state index in [-0.39, 0.29) is 11.4 Å². The van der Waals surface area contributed by atoms with E-state index in [1.54, 1.807) is 18.3 Å². The van der Waals surface area contributed by atoms with Gasteiger partial charge in [-0.1, -0.05) is 57.0 Å². The predicted octanol–water partition coefficient (Wildman–Crippen LogP) is 5.41. The molecular formula is C23H23FN2O2. The van der Waals surface area contributed by atoms with Crippen LogP contribution in [0.15, 0.2) is 54.9 Å². The molecule has 4 nitrogen and oxygen atoms in total. The van der Waals surface area contributed by atoms with E-state index in [1.807, 2.05) is 19.1 Å². The van der Waals surface area contributed by atoms with Crippen molar-refractivity contribution >= 4 is 5.97 Å². The fourth-order valence-electron chi connectivity index (χ4n) is 2.95. The molecule has 2 aromatic carbocycles. The number of nitrogens with zero attached hydrogens (tertiary/aromatic N) is 2. The number of carbonyl (C=O) groups excluding carboxylic acids is 1. The zero-order valence-electron chi connectivity index (χ0n) is 16.1. The second-order valence-corrected chi connectivity index (χ2v) is 6.63. The molecule has 0 fully saturated rings. The maximum atomic E-state index is 14.0. The third-order valence-corrected chi connectivity index (χ3v) is 4.42. The fraction of sp³-hybridized carbons (Fsp3) is 0.261. The lowest BCUT2D eigenvalue weighted by Gasteiger charge is -2.07. The third-order valence-electron chi connectivity index (χ3n) is 4.42. The molecule has 28 heavy (non-hydrogen) atoms. The molecule has 0 radical (unpaired) electrons. The molecule has 0 aliphatic rings. The summed E-state index contributed by atoms with van der Waals surface area (Å²) >= 11 is 0. The molecule has 0 saturated carbocycles. The van der Waals surface area contributed by atoms with E-state index in [0.717, 1.165) is 24.8 Å². The summed E-state index contributed by atoms with van der Waals surface area (Å²) in [6, 6.07) is 12.5. The summed E-state index contributed by atoms with van der Waals surface area (Å²) in [6.45, 7) is 4.12. The maximum Gasteiger partial charge on any atom is 0.345 e. The van der Waals surface area contributed by atoms with E-state index in [2.05, 4.69) is 29.0 Å². The second kappa shape index (κ2) is 9.22. The standard InChI is InChI=1S/C23H23FN2O2/c1-3-5-16-7-9-18(10-8-16)21-14-26-22(15-25-21)28-23(27)19-12-11-17(6-4-2)20(24)13-19/h7-15H,3-6H2,1-2H3. The Morgan fingerprint density at radius 1 is 0.964 bits per heavy atom. The second-order valence-electron chi connectivity index (χ2n) is 6.63. The number of hydrogen-bond donors (Lipinski definition) is 0. The van der Waals surface area contributed by atoms with Crippen molar-refractivity contribution in [2.45, 2.75) is 39.5 Å². The first kappa shape index (κ1) is 19.7. The highest BCUT2D eigenvalue weighted by Gasteiger charge is 2.13. The summed E-state index contributed by atoms with van der Waals surface area (Å²) in [5.74, 6) is -0.980. The Bertz CT molecular complexity index is 938. The van der Waals surface area contributed by atoms with Gasteiger partial charge in [0.1, 0.15) is 5.82 Å². The van der Waals surface area contributed by atoms with Crippen molar-refractivity contribution in [3.05, 3.63) is 77.4 Å². The fourth-order valence-corrected chi connectivity index (χ4v) is 2.95. The molecule has 0 amide bonds. The van der Waals surface area contributed by atoms with Gasteiger partial charge in [-0.15, -0.1) is 0 Å². The summed E-state index contributed by atoms with van der Waals surface area (Å²) in [5.41, 5.74) is 3.65. The summed E-state index contributed by atoms with van der Waals surface area (Å²) in [5, 5.41) is 0. The van der Waals surface area contributed by atoms with Crippen LogP contribution in [0, 0.1) is 5.82 Å². The Kier molecular flexibility index (Phi) is 6.48. The van der Waals surface area contributed by atoms with Crippen LogP contribution in [0.4, 0.5) is 4.39 Å². The van der Waals surface area contributed by atoms with Gasteiger partial charge in [0.25, 0.3) is 0 Å². The quantitative estimate of drug-likeness (QED) is 0.516. The Morgan fingerprint density at radius 3 is 2.32 bits per heavy atom. The molecule has 0 unspecified atom stereocenters. The molecule has 144 valence electrons. The van der Waals surface area contributed by atoms with Crippen LogP contribution < -0.4 is 4.74 Å². The van der Waals surface area contributed by atoms with Gasteiger partial charge < -0.3 is 4.74 Å². The van der Waals surface area contributed by atoms with E-state index in [4.69, 9.17) is 4.74 Å². The number of esters is 1. The summed E-state index contributed by atoms with van der Waals surface area (Å²) in [4.78, 5) is 20.7. The molecule has 0 atom stereocenters. The van der Waals surface area contributed by atoms with Gasteiger partial charge in [0.05, 0.1) is 23.7 Å². The molecule has 1 heterocycles. The lowest BCUT2D eigenvalue weighted by atomic mass is 10.1. The minimum Gasteiger partial charge on any atom is -0.402 e. The third kappa shape index (κ3) is 4.80. The molecule has 0 N–H and O–H groups in total. The van der Waals surface area contributed by atoms with Crippen molar-refractivity contribution in [1.82, 2.24) is 9.97 Å². The van der Waals surface area contributed by atoms with Gasteiger partial charge >= 0.3 is 5.97 Å². The minimum atomic E-state index is -0.659. The number of carbonyl (C=O) groups is 1. The van der Waals surface area contributed by atoms with Crippen molar-refractivity contribution in [2.75, 3.05) is 0 Å². The lowest BCUT2D eigenvalue weighted by Crippen LogP contribution is -2.10. The van der Waals surface area contributed by atoms with Gasteiger partial charge in [-0.3, -0.25) is 0 Å². The van der Waals surface area contributed by atoms with Crippen LogP contribution >= 0.6 is 0 Å². The van der Waals surface area contributed by atoms with Crippen molar-refractivity contribution < 1.29 is 13.9 Å². The molecule has 0 bridgehead atoms. The molecule has 1 aromatic heterocycles. The van der Waals surface area contributed by atoms with Crippen LogP contribution in [-0.2, 0) is 12.8 Å². The Labute approximate surface area is 164 Å². The van der Waals surface area contributed by atoms with Gasteiger partial charge in [-0.2, -0.15) is 0 Å². The van der Waals surface area contributed by atoms with Gasteiger partial charge in [0.2, 0.25) is 5.88 Å². The SMILES string of the molecule is CCCc1ccc(-c2cnc(OC(=O)c3ccc(CCC)c(F)c3)cn2)cc1. The van der Waals surface area contributed by atoms with Gasteiger partial charge in [-0.25, -0.2) is 19.2 Å². The van der Waals surface area contributed by atoms with Crippen LogP contribution in [0.1, 0.15) is 48.2 Å². The zero-order valence-corrected chi connectivity index (χ0v) is 16.1. The molecule has 3 rings (SSSR count). The first-order chi connectivity index (χ1) is 13.6. The number of rotatable bonds is 7. The largest absolute Gasteiger partial charge is 0.402 e. The van der Waals surface area contributed by atoms with Crippen molar-refractivity contribution in [3.63, 3.8) is 0 Å². The van der Waals surface area contributed by atoms with Crippen LogP contribution in [-0.4, -0.2) is 15.9 Å². The molecule has 5 heteroatoms. The minimum absolute atomic E-state index is 0.0781. The lowest BCUT2D eigenvalue weighted by molar-refractivity contribution is 0.0726. The Morgan fingerprint density at radius 2 is 1.71 bits per heavy atom. The highest BCUT2D eigenvalue weighted by Crippen LogP contribution is 2.19. The predicted molar refractivity (Wildman–Crippen MR) is 107 cm³/mol. The van der Waals surface area contributed by atoms with E-state index < -0.39 is 11.8 Å². The van der Waals surface area contributed by atoms with Gasteiger partial charge in [0.15, 0.2) is 0 Å². The van der Waals surface area contributed by atoms with Crippen molar-refractivity contribution in [3.8, 4) is 17.1 Å². The van der Waals surface area contributed by atoms with Gasteiger partial charge in [0, 0.05) is 5.56 Å². The maximum absolute atomic E-state index is 14.0. The Hall–Kier alpha value is -3.08.